The monoisotopic (exact) mass is 329 g/mol. The zero-order chi connectivity index (χ0) is 16.2. The maximum atomic E-state index is 12.7. The molecule has 1 heterocycles. The number of fused-ring (bicyclic) bond motifs is 1. The van der Waals surface area contributed by atoms with E-state index in [9.17, 15) is 9.59 Å². The van der Waals surface area contributed by atoms with Crippen LogP contribution in [0.1, 0.15) is 5.56 Å². The van der Waals surface area contributed by atoms with Crippen LogP contribution in [0.5, 0.6) is 0 Å². The van der Waals surface area contributed by atoms with Crippen LogP contribution in [-0.4, -0.2) is 27.6 Å². The summed E-state index contributed by atoms with van der Waals surface area (Å²) in [6.07, 6.45) is 0. The first-order chi connectivity index (χ1) is 11.2. The summed E-state index contributed by atoms with van der Waals surface area (Å²) < 4.78 is 2.76. The van der Waals surface area contributed by atoms with Crippen molar-refractivity contribution in [2.75, 3.05) is 12.4 Å². The van der Waals surface area contributed by atoms with E-state index in [1.54, 1.807) is 16.7 Å². The van der Waals surface area contributed by atoms with Crippen molar-refractivity contribution in [3.05, 3.63) is 70.6 Å². The molecule has 0 atom stereocenters. The summed E-state index contributed by atoms with van der Waals surface area (Å²) >= 11 is 5.60. The molecule has 1 amide bonds. The van der Waals surface area contributed by atoms with Crippen LogP contribution in [0.25, 0.3) is 11.0 Å². The van der Waals surface area contributed by atoms with E-state index < -0.39 is 6.03 Å². The number of aromatic nitrogens is 2. The molecule has 0 spiro atoms. The predicted octanol–water partition coefficient (Wildman–Crippen LogP) is 2.65. The molecule has 0 aliphatic rings. The maximum Gasteiger partial charge on any atom is 0.337 e. The van der Waals surface area contributed by atoms with Gasteiger partial charge in [0.2, 0.25) is 0 Å². The van der Waals surface area contributed by atoms with Crippen LogP contribution in [0.2, 0.25) is 0 Å². The highest BCUT2D eigenvalue weighted by Crippen LogP contribution is 2.14. The van der Waals surface area contributed by atoms with E-state index in [4.69, 9.17) is 11.6 Å². The van der Waals surface area contributed by atoms with Crippen molar-refractivity contribution < 1.29 is 4.79 Å². The molecular weight excluding hydrogens is 314 g/mol. The van der Waals surface area contributed by atoms with Crippen molar-refractivity contribution in [1.82, 2.24) is 14.5 Å². The molecule has 0 saturated heterocycles. The van der Waals surface area contributed by atoms with Gasteiger partial charge in [0.05, 0.1) is 17.6 Å². The third kappa shape index (κ3) is 3.00. The molecule has 2 aromatic carbocycles. The number of hydrogen-bond acceptors (Lipinski definition) is 2. The van der Waals surface area contributed by atoms with Crippen LogP contribution >= 0.6 is 11.6 Å². The van der Waals surface area contributed by atoms with Gasteiger partial charge in [-0.25, -0.2) is 14.2 Å². The van der Waals surface area contributed by atoms with E-state index in [1.165, 1.54) is 0 Å². The van der Waals surface area contributed by atoms with Crippen molar-refractivity contribution in [3.8, 4) is 0 Å². The Balaban J connectivity index is 2.10. The van der Waals surface area contributed by atoms with Crippen LogP contribution in [-0.2, 0) is 6.54 Å². The zero-order valence-electron chi connectivity index (χ0n) is 12.4. The van der Waals surface area contributed by atoms with Gasteiger partial charge in [-0.15, -0.1) is 11.6 Å². The minimum Gasteiger partial charge on any atom is -0.336 e. The van der Waals surface area contributed by atoms with Gasteiger partial charge in [-0.3, -0.25) is 4.57 Å². The second kappa shape index (κ2) is 6.71. The Morgan fingerprint density at radius 3 is 2.35 bits per heavy atom. The summed E-state index contributed by atoms with van der Waals surface area (Å²) in [5.74, 6) is 0.295. The van der Waals surface area contributed by atoms with E-state index in [1.807, 2.05) is 42.5 Å². The first-order valence-corrected chi connectivity index (χ1v) is 7.84. The number of nitrogens with one attached hydrogen (secondary N) is 1. The molecule has 3 aromatic rings. The third-order valence-electron chi connectivity index (χ3n) is 3.59. The van der Waals surface area contributed by atoms with Gasteiger partial charge in [-0.1, -0.05) is 42.5 Å². The van der Waals surface area contributed by atoms with Crippen molar-refractivity contribution in [2.45, 2.75) is 6.54 Å². The summed E-state index contributed by atoms with van der Waals surface area (Å²) in [6, 6.07) is 16.5. The molecular formula is C17H16ClN3O2. The Morgan fingerprint density at radius 1 is 1.00 bits per heavy atom. The Hall–Kier alpha value is -2.53. The molecule has 0 bridgehead atoms. The van der Waals surface area contributed by atoms with Gasteiger partial charge >= 0.3 is 11.7 Å². The van der Waals surface area contributed by atoms with Crippen LogP contribution in [0.4, 0.5) is 4.79 Å². The van der Waals surface area contributed by atoms with Crippen LogP contribution in [0.3, 0.4) is 0 Å². The fourth-order valence-corrected chi connectivity index (χ4v) is 2.65. The number of carbonyl (C=O) groups excluding carboxylic acids is 1. The average molecular weight is 330 g/mol. The van der Waals surface area contributed by atoms with E-state index in [0.29, 0.717) is 24.5 Å². The van der Waals surface area contributed by atoms with Crippen LogP contribution in [0, 0.1) is 0 Å². The molecule has 118 valence electrons. The Kier molecular flexibility index (Phi) is 4.48. The molecule has 0 fully saturated rings. The number of nitrogens with zero attached hydrogens (tertiary/aromatic N) is 2. The fraction of sp³-hybridized carbons (Fsp3) is 0.176. The Labute approximate surface area is 138 Å². The maximum absolute atomic E-state index is 12.7. The third-order valence-corrected chi connectivity index (χ3v) is 3.78. The van der Waals surface area contributed by atoms with Crippen LogP contribution in [0.15, 0.2) is 59.4 Å². The largest absolute Gasteiger partial charge is 0.337 e. The van der Waals surface area contributed by atoms with Crippen LogP contribution < -0.4 is 11.0 Å². The molecule has 0 aliphatic heterocycles. The lowest BCUT2D eigenvalue weighted by Crippen LogP contribution is -2.37. The van der Waals surface area contributed by atoms with Gasteiger partial charge in [0.25, 0.3) is 0 Å². The van der Waals surface area contributed by atoms with Gasteiger partial charge in [0.15, 0.2) is 0 Å². The topological polar surface area (TPSA) is 56.0 Å². The molecule has 5 nitrogen and oxygen atoms in total. The molecule has 6 heteroatoms. The predicted molar refractivity (Wildman–Crippen MR) is 91.3 cm³/mol. The molecule has 0 aliphatic carbocycles. The number of amides is 1. The molecule has 0 radical (unpaired) electrons. The van der Waals surface area contributed by atoms with Gasteiger partial charge in [-0.2, -0.15) is 0 Å². The van der Waals surface area contributed by atoms with E-state index in [-0.39, 0.29) is 5.69 Å². The lowest BCUT2D eigenvalue weighted by Gasteiger charge is -2.03. The Bertz CT molecular complexity index is 884. The molecule has 23 heavy (non-hydrogen) atoms. The summed E-state index contributed by atoms with van der Waals surface area (Å²) in [7, 11) is 0. The highest BCUT2D eigenvalue weighted by molar-refractivity contribution is 6.18. The summed E-state index contributed by atoms with van der Waals surface area (Å²) in [5, 5.41) is 2.64. The number of halogens is 1. The zero-order valence-corrected chi connectivity index (χ0v) is 13.2. The van der Waals surface area contributed by atoms with Crippen molar-refractivity contribution >= 4 is 28.7 Å². The number of rotatable bonds is 4. The Morgan fingerprint density at radius 2 is 1.65 bits per heavy atom. The first kappa shape index (κ1) is 15.4. The van der Waals surface area contributed by atoms with E-state index >= 15 is 0 Å². The number of para-hydroxylation sites is 2. The van der Waals surface area contributed by atoms with Crippen molar-refractivity contribution in [1.29, 1.82) is 0 Å². The van der Waals surface area contributed by atoms with Crippen molar-refractivity contribution in [3.63, 3.8) is 0 Å². The van der Waals surface area contributed by atoms with Gasteiger partial charge in [-0.05, 0) is 17.7 Å². The molecule has 0 saturated carbocycles. The molecule has 1 N–H and O–H groups in total. The fourth-order valence-electron chi connectivity index (χ4n) is 2.56. The van der Waals surface area contributed by atoms with E-state index in [0.717, 1.165) is 15.6 Å². The minimum absolute atomic E-state index is 0.295. The lowest BCUT2D eigenvalue weighted by atomic mass is 10.2. The first-order valence-electron chi connectivity index (χ1n) is 7.30. The minimum atomic E-state index is -0.460. The second-order valence-electron chi connectivity index (χ2n) is 5.10. The molecule has 3 rings (SSSR count). The number of benzene rings is 2. The average Bonchev–Trinajstić information content (AvgIpc) is 2.86. The van der Waals surface area contributed by atoms with Gasteiger partial charge in [0.1, 0.15) is 0 Å². The quantitative estimate of drug-likeness (QED) is 0.748. The number of carbonyl (C=O) groups is 1. The lowest BCUT2D eigenvalue weighted by molar-refractivity contribution is 0.243. The highest BCUT2D eigenvalue weighted by atomic mass is 35.5. The smallest absolute Gasteiger partial charge is 0.336 e. The normalized spacial score (nSPS) is 10.8. The summed E-state index contributed by atoms with van der Waals surface area (Å²) in [5.41, 5.74) is 1.95. The second-order valence-corrected chi connectivity index (χ2v) is 5.48. The van der Waals surface area contributed by atoms with Gasteiger partial charge in [0, 0.05) is 12.4 Å². The van der Waals surface area contributed by atoms with E-state index in [2.05, 4.69) is 5.32 Å². The highest BCUT2D eigenvalue weighted by Gasteiger charge is 2.17. The SMILES string of the molecule is O=C(NCCCl)n1c(=O)n(Cc2ccccc2)c2ccccc21. The van der Waals surface area contributed by atoms with Gasteiger partial charge < -0.3 is 5.32 Å². The van der Waals surface area contributed by atoms with Crippen molar-refractivity contribution in [2.24, 2.45) is 0 Å². The molecule has 0 unspecified atom stereocenters. The standard InChI is InChI=1S/C17H16ClN3O2/c18-10-11-19-16(22)21-15-9-5-4-8-14(15)20(17(21)23)12-13-6-2-1-3-7-13/h1-9H,10-12H2,(H,19,22). The number of alkyl halides is 1. The molecule has 1 aromatic heterocycles. The number of hydrogen-bond donors (Lipinski definition) is 1. The summed E-state index contributed by atoms with van der Waals surface area (Å²) in [6.45, 7) is 0.723. The summed E-state index contributed by atoms with van der Waals surface area (Å²) in [4.78, 5) is 25.0. The number of imidazole rings is 1.